The highest BCUT2D eigenvalue weighted by atomic mass is 32.1. The number of methoxy groups -OCH3 is 1. The molecule has 0 unspecified atom stereocenters. The van der Waals surface area contributed by atoms with Gasteiger partial charge in [0.15, 0.2) is 4.80 Å². The van der Waals surface area contributed by atoms with Crippen LogP contribution in [0.3, 0.4) is 0 Å². The van der Waals surface area contributed by atoms with Gasteiger partial charge in [-0.15, -0.1) is 11.3 Å². The Kier molecular flexibility index (Phi) is 5.61. The zero-order valence-electron chi connectivity index (χ0n) is 12.7. The lowest BCUT2D eigenvalue weighted by molar-refractivity contribution is -0.384. The molecule has 0 radical (unpaired) electrons. The standard InChI is InChI=1S/C14H16N4O4S/c1-17-6-8-23-14(17)16-13(19)10-3-4-11(15-5-7-22-2)12(9-10)18(20)21/h3-4,6,8-9,15H,5,7H2,1-2H3. The normalized spacial score (nSPS) is 11.5. The van der Waals surface area contributed by atoms with Crippen molar-refractivity contribution in [2.45, 2.75) is 0 Å². The second-order valence-electron chi connectivity index (χ2n) is 4.62. The van der Waals surface area contributed by atoms with Crippen LogP contribution in [0.25, 0.3) is 0 Å². The fourth-order valence-corrected chi connectivity index (χ4v) is 2.57. The number of aromatic nitrogens is 1. The van der Waals surface area contributed by atoms with Crippen molar-refractivity contribution in [2.75, 3.05) is 25.6 Å². The first-order valence-electron chi connectivity index (χ1n) is 6.73. The Morgan fingerprint density at radius 1 is 1.52 bits per heavy atom. The summed E-state index contributed by atoms with van der Waals surface area (Å²) in [5.41, 5.74) is 0.338. The van der Waals surface area contributed by atoms with Crippen LogP contribution in [0, 0.1) is 10.1 Å². The number of nitro groups is 1. The molecule has 0 fully saturated rings. The van der Waals surface area contributed by atoms with Gasteiger partial charge in [0.25, 0.3) is 11.6 Å². The average molecular weight is 336 g/mol. The first-order valence-corrected chi connectivity index (χ1v) is 7.61. The van der Waals surface area contributed by atoms with Crippen molar-refractivity contribution < 1.29 is 14.5 Å². The fraction of sp³-hybridized carbons (Fsp3) is 0.286. The van der Waals surface area contributed by atoms with Crippen LogP contribution in [0.4, 0.5) is 11.4 Å². The van der Waals surface area contributed by atoms with E-state index in [4.69, 9.17) is 4.74 Å². The van der Waals surface area contributed by atoms with E-state index in [1.165, 1.54) is 29.5 Å². The maximum atomic E-state index is 12.2. The van der Waals surface area contributed by atoms with Crippen molar-refractivity contribution in [1.82, 2.24) is 4.57 Å². The molecule has 9 heteroatoms. The molecule has 0 aliphatic rings. The van der Waals surface area contributed by atoms with Gasteiger partial charge < -0.3 is 14.6 Å². The van der Waals surface area contributed by atoms with Crippen molar-refractivity contribution in [3.63, 3.8) is 0 Å². The van der Waals surface area contributed by atoms with E-state index in [-0.39, 0.29) is 11.3 Å². The van der Waals surface area contributed by atoms with Crippen LogP contribution < -0.4 is 10.1 Å². The van der Waals surface area contributed by atoms with E-state index in [0.717, 1.165) is 0 Å². The van der Waals surface area contributed by atoms with Crippen LogP contribution >= 0.6 is 11.3 Å². The molecule has 1 N–H and O–H groups in total. The molecular weight excluding hydrogens is 320 g/mol. The van der Waals surface area contributed by atoms with Crippen molar-refractivity contribution in [3.05, 3.63) is 50.3 Å². The molecule has 0 spiro atoms. The van der Waals surface area contributed by atoms with E-state index in [9.17, 15) is 14.9 Å². The molecule has 1 amide bonds. The molecule has 122 valence electrons. The lowest BCUT2D eigenvalue weighted by Gasteiger charge is -2.07. The molecule has 8 nitrogen and oxygen atoms in total. The summed E-state index contributed by atoms with van der Waals surface area (Å²) in [6.45, 7) is 0.849. The van der Waals surface area contributed by atoms with Gasteiger partial charge >= 0.3 is 0 Å². The van der Waals surface area contributed by atoms with Gasteiger partial charge in [-0.25, -0.2) is 0 Å². The highest BCUT2D eigenvalue weighted by molar-refractivity contribution is 7.07. The van der Waals surface area contributed by atoms with Gasteiger partial charge in [-0.05, 0) is 12.1 Å². The number of anilines is 1. The highest BCUT2D eigenvalue weighted by Crippen LogP contribution is 2.25. The van der Waals surface area contributed by atoms with E-state index in [1.54, 1.807) is 30.3 Å². The number of hydrogen-bond acceptors (Lipinski definition) is 6. The number of nitro benzene ring substituents is 1. The number of rotatable bonds is 6. The maximum Gasteiger partial charge on any atom is 0.293 e. The second-order valence-corrected chi connectivity index (χ2v) is 5.50. The van der Waals surface area contributed by atoms with Crippen LogP contribution in [0.2, 0.25) is 0 Å². The summed E-state index contributed by atoms with van der Waals surface area (Å²) in [6.07, 6.45) is 1.78. The van der Waals surface area contributed by atoms with Gasteiger partial charge in [0, 0.05) is 43.9 Å². The second kappa shape index (κ2) is 7.65. The monoisotopic (exact) mass is 336 g/mol. The summed E-state index contributed by atoms with van der Waals surface area (Å²) in [4.78, 5) is 27.3. The molecule has 0 saturated heterocycles. The summed E-state index contributed by atoms with van der Waals surface area (Å²) in [5, 5.41) is 15.9. The van der Waals surface area contributed by atoms with Crippen molar-refractivity contribution in [2.24, 2.45) is 12.0 Å². The first-order chi connectivity index (χ1) is 11.0. The number of aryl methyl sites for hydroxylation is 1. The number of thiazole rings is 1. The number of ether oxygens (including phenoxy) is 1. The molecule has 1 aromatic carbocycles. The fourth-order valence-electron chi connectivity index (χ4n) is 1.84. The lowest BCUT2D eigenvalue weighted by Crippen LogP contribution is -2.13. The lowest BCUT2D eigenvalue weighted by atomic mass is 10.1. The molecule has 0 bridgehead atoms. The molecule has 1 aromatic heterocycles. The minimum absolute atomic E-state index is 0.169. The zero-order valence-corrected chi connectivity index (χ0v) is 13.5. The molecule has 1 heterocycles. The van der Waals surface area contributed by atoms with Crippen LogP contribution in [0.15, 0.2) is 34.8 Å². The van der Waals surface area contributed by atoms with E-state index in [0.29, 0.717) is 23.6 Å². The van der Waals surface area contributed by atoms with Crippen molar-refractivity contribution in [3.8, 4) is 0 Å². The van der Waals surface area contributed by atoms with Gasteiger partial charge in [-0.3, -0.25) is 14.9 Å². The topological polar surface area (TPSA) is 98.8 Å². The van der Waals surface area contributed by atoms with E-state index < -0.39 is 10.8 Å². The quantitative estimate of drug-likeness (QED) is 0.492. The van der Waals surface area contributed by atoms with E-state index >= 15 is 0 Å². The Hall–Kier alpha value is -2.52. The first kappa shape index (κ1) is 16.8. The maximum absolute atomic E-state index is 12.2. The summed E-state index contributed by atoms with van der Waals surface area (Å²) in [6, 6.07) is 4.25. The van der Waals surface area contributed by atoms with Gasteiger partial charge in [0.2, 0.25) is 0 Å². The summed E-state index contributed by atoms with van der Waals surface area (Å²) in [5.74, 6) is -0.519. The zero-order chi connectivity index (χ0) is 16.8. The van der Waals surface area contributed by atoms with Gasteiger partial charge in [0.05, 0.1) is 11.5 Å². The third kappa shape index (κ3) is 4.24. The minimum Gasteiger partial charge on any atom is -0.383 e. The Labute approximate surface area is 136 Å². The summed E-state index contributed by atoms with van der Waals surface area (Å²) < 4.78 is 6.60. The molecule has 2 rings (SSSR count). The van der Waals surface area contributed by atoms with Crippen LogP contribution in [0.5, 0.6) is 0 Å². The largest absolute Gasteiger partial charge is 0.383 e. The van der Waals surface area contributed by atoms with Gasteiger partial charge in [0.1, 0.15) is 5.69 Å². The third-order valence-corrected chi connectivity index (χ3v) is 3.87. The highest BCUT2D eigenvalue weighted by Gasteiger charge is 2.17. The van der Waals surface area contributed by atoms with Crippen LogP contribution in [0.1, 0.15) is 10.4 Å². The number of nitrogens with zero attached hydrogens (tertiary/aromatic N) is 3. The number of amides is 1. The molecule has 0 saturated carbocycles. The smallest absolute Gasteiger partial charge is 0.293 e. The SMILES string of the molecule is COCCNc1ccc(C(=O)N=c2sccn2C)cc1[N+](=O)[O-]. The Balaban J connectivity index is 2.30. The van der Waals surface area contributed by atoms with Crippen LogP contribution in [-0.2, 0) is 11.8 Å². The Morgan fingerprint density at radius 2 is 2.30 bits per heavy atom. The summed E-state index contributed by atoms with van der Waals surface area (Å²) in [7, 11) is 3.32. The molecular formula is C14H16N4O4S. The molecule has 23 heavy (non-hydrogen) atoms. The van der Waals surface area contributed by atoms with E-state index in [2.05, 4.69) is 10.3 Å². The molecule has 0 aliphatic heterocycles. The van der Waals surface area contributed by atoms with E-state index in [1.807, 2.05) is 0 Å². The molecule has 2 aromatic rings. The molecule has 0 atom stereocenters. The number of carbonyl (C=O) groups is 1. The Morgan fingerprint density at radius 3 is 2.91 bits per heavy atom. The van der Waals surface area contributed by atoms with Crippen molar-refractivity contribution >= 4 is 28.6 Å². The van der Waals surface area contributed by atoms with Gasteiger partial charge in [-0.1, -0.05) is 0 Å². The predicted octanol–water partition coefficient (Wildman–Crippen LogP) is 1.79. The number of hydrogen-bond donors (Lipinski definition) is 1. The van der Waals surface area contributed by atoms with Gasteiger partial charge in [-0.2, -0.15) is 4.99 Å². The predicted molar refractivity (Wildman–Crippen MR) is 86.6 cm³/mol. The Bertz CT molecular complexity index is 781. The van der Waals surface area contributed by atoms with Crippen molar-refractivity contribution in [1.29, 1.82) is 0 Å². The molecule has 0 aliphatic carbocycles. The number of benzene rings is 1. The average Bonchev–Trinajstić information content (AvgIpc) is 2.92. The third-order valence-electron chi connectivity index (χ3n) is 3.02. The van der Waals surface area contributed by atoms with Crippen LogP contribution in [-0.4, -0.2) is 35.7 Å². The number of nitrogens with one attached hydrogen (secondary N) is 1. The minimum atomic E-state index is -0.531. The summed E-state index contributed by atoms with van der Waals surface area (Å²) >= 11 is 1.32. The number of carbonyl (C=O) groups excluding carboxylic acids is 1.